The number of carbonyl (C=O) groups excluding carboxylic acids is 2. The van der Waals surface area contributed by atoms with Crippen molar-refractivity contribution in [2.75, 3.05) is 0 Å². The van der Waals surface area contributed by atoms with Crippen LogP contribution in [0.1, 0.15) is 60.3 Å². The molecule has 2 N–H and O–H groups in total. The van der Waals surface area contributed by atoms with E-state index in [0.717, 1.165) is 30.4 Å². The number of aliphatic hydroxyl groups is 2. The number of fused-ring (bicyclic) bond motifs is 6. The zero-order valence-electron chi connectivity index (χ0n) is 22.1. The van der Waals surface area contributed by atoms with Crippen LogP contribution in [0.5, 0.6) is 0 Å². The van der Waals surface area contributed by atoms with E-state index in [2.05, 4.69) is 6.92 Å². The Morgan fingerprint density at radius 2 is 1.73 bits per heavy atom. The molecule has 3 fully saturated rings. The molecule has 4 aliphatic carbocycles. The highest BCUT2D eigenvalue weighted by Gasteiger charge is 2.83. The summed E-state index contributed by atoms with van der Waals surface area (Å²) in [6, 6.07) is 0. The van der Waals surface area contributed by atoms with Crippen LogP contribution in [0.4, 0.5) is 0 Å². The lowest BCUT2D eigenvalue weighted by molar-refractivity contribution is -0.160. The number of hydrogen-bond donors (Lipinski definition) is 2. The molecule has 0 amide bonds. The summed E-state index contributed by atoms with van der Waals surface area (Å²) >= 11 is 0. The van der Waals surface area contributed by atoms with E-state index in [1.165, 1.54) is 6.08 Å². The molecule has 0 bridgehead atoms. The quantitative estimate of drug-likeness (QED) is 0.382. The van der Waals surface area contributed by atoms with Crippen molar-refractivity contribution in [3.8, 4) is 0 Å². The lowest BCUT2D eigenvalue weighted by Gasteiger charge is -2.55. The highest BCUT2D eigenvalue weighted by molar-refractivity contribution is 5.90. The summed E-state index contributed by atoms with van der Waals surface area (Å²) in [6.45, 7) is 9.84. The zero-order chi connectivity index (χ0) is 26.3. The van der Waals surface area contributed by atoms with Crippen LogP contribution in [0.25, 0.3) is 0 Å². The van der Waals surface area contributed by atoms with E-state index >= 15 is 0 Å². The van der Waals surface area contributed by atoms with E-state index in [1.54, 1.807) is 6.92 Å². The van der Waals surface area contributed by atoms with Gasteiger partial charge in [-0.1, -0.05) is 19.9 Å². The highest BCUT2D eigenvalue weighted by atomic mass is 16.6. The van der Waals surface area contributed by atoms with Gasteiger partial charge in [0.15, 0.2) is 0 Å². The minimum atomic E-state index is -1.30. The Kier molecular flexibility index (Phi) is 4.42. The molecular weight excluding hydrogens is 472 g/mol. The lowest BCUT2D eigenvalue weighted by atomic mass is 9.50. The first-order chi connectivity index (χ1) is 17.3. The van der Waals surface area contributed by atoms with Crippen molar-refractivity contribution in [3.63, 3.8) is 0 Å². The SMILES string of the molecule is CC1=CC2=C[C@@]3(O)[C@@H]4C[C@]5(O)C=C6C=CC(=O)OC(C)(C)[C@@H]6CC[C@H]5[C@]4(C)C[C@@H]4O[C@@]43[C@H](C)[C@@H]2OC1=O. The Morgan fingerprint density at radius 3 is 2.49 bits per heavy atom. The molecule has 0 radical (unpaired) electrons. The van der Waals surface area contributed by atoms with Crippen molar-refractivity contribution >= 4 is 11.9 Å². The van der Waals surface area contributed by atoms with Gasteiger partial charge in [-0.25, -0.2) is 9.59 Å². The summed E-state index contributed by atoms with van der Waals surface area (Å²) in [5.74, 6) is -1.24. The molecule has 0 aromatic heterocycles. The van der Waals surface area contributed by atoms with Crippen LogP contribution < -0.4 is 0 Å². The molecule has 10 atom stereocenters. The monoisotopic (exact) mass is 508 g/mol. The molecule has 7 rings (SSSR count). The molecule has 198 valence electrons. The van der Waals surface area contributed by atoms with E-state index < -0.39 is 28.5 Å². The van der Waals surface area contributed by atoms with Crippen LogP contribution in [0.3, 0.4) is 0 Å². The van der Waals surface area contributed by atoms with Crippen molar-refractivity contribution < 1.29 is 34.0 Å². The molecule has 1 saturated heterocycles. The Bertz CT molecular complexity index is 1260. The Labute approximate surface area is 217 Å². The molecule has 0 unspecified atom stereocenters. The average molecular weight is 509 g/mol. The maximum atomic E-state index is 12.6. The number of carbonyl (C=O) groups is 2. The third-order valence-corrected chi connectivity index (χ3v) is 11.2. The van der Waals surface area contributed by atoms with Crippen LogP contribution in [-0.4, -0.2) is 56.8 Å². The van der Waals surface area contributed by atoms with Crippen LogP contribution in [0.2, 0.25) is 0 Å². The number of rotatable bonds is 0. The highest BCUT2D eigenvalue weighted by Crippen LogP contribution is 2.74. The van der Waals surface area contributed by atoms with E-state index in [9.17, 15) is 19.8 Å². The second-order valence-corrected chi connectivity index (χ2v) is 13.5. The lowest BCUT2D eigenvalue weighted by Crippen LogP contribution is -2.66. The molecule has 7 heteroatoms. The van der Waals surface area contributed by atoms with Gasteiger partial charge in [0.25, 0.3) is 0 Å². The van der Waals surface area contributed by atoms with E-state index in [4.69, 9.17) is 14.2 Å². The molecule has 2 saturated carbocycles. The molecule has 3 aliphatic heterocycles. The second-order valence-electron chi connectivity index (χ2n) is 13.5. The number of ether oxygens (including phenoxy) is 3. The molecular formula is C30H36O7. The van der Waals surface area contributed by atoms with Gasteiger partial charge >= 0.3 is 11.9 Å². The normalized spacial score (nSPS) is 52.7. The number of epoxide rings is 1. The Balaban J connectivity index is 1.35. The minimum Gasteiger partial charge on any atom is -0.456 e. The van der Waals surface area contributed by atoms with Crippen molar-refractivity contribution in [2.45, 2.75) is 94.9 Å². The molecule has 7 nitrogen and oxygen atoms in total. The number of esters is 2. The van der Waals surface area contributed by atoms with Crippen LogP contribution in [-0.2, 0) is 23.8 Å². The maximum Gasteiger partial charge on any atom is 0.334 e. The fourth-order valence-corrected chi connectivity index (χ4v) is 9.59. The first-order valence-corrected chi connectivity index (χ1v) is 13.6. The van der Waals surface area contributed by atoms with Crippen LogP contribution >= 0.6 is 0 Å². The molecule has 7 aliphatic rings. The van der Waals surface area contributed by atoms with Gasteiger partial charge in [-0.2, -0.15) is 0 Å². The van der Waals surface area contributed by atoms with Gasteiger partial charge < -0.3 is 24.4 Å². The van der Waals surface area contributed by atoms with E-state index in [-0.39, 0.29) is 47.1 Å². The van der Waals surface area contributed by atoms with Crippen molar-refractivity contribution in [1.82, 2.24) is 0 Å². The molecule has 37 heavy (non-hydrogen) atoms. The zero-order valence-corrected chi connectivity index (χ0v) is 22.1. The second kappa shape index (κ2) is 6.85. The largest absolute Gasteiger partial charge is 0.456 e. The van der Waals surface area contributed by atoms with E-state index in [1.807, 2.05) is 45.1 Å². The molecule has 0 aromatic carbocycles. The first kappa shape index (κ1) is 23.9. The average Bonchev–Trinajstić information content (AvgIpc) is 3.51. The van der Waals surface area contributed by atoms with Gasteiger partial charge in [0.1, 0.15) is 22.9 Å². The Morgan fingerprint density at radius 1 is 0.973 bits per heavy atom. The third-order valence-electron chi connectivity index (χ3n) is 11.2. The standard InChI is InChI=1S/C30H36O7/c1-15-10-18-12-29(34)21-13-28(33)11-17-6-9-23(31)37-26(3,4)19(17)7-8-20(28)27(21,5)14-22-30(29,36-22)16(2)24(18)35-25(15)32/h6,9-12,16,19-22,24,33-34H,7-8,13-14H2,1-5H3/t16-,19-,20+,21-,22+,24+,27+,28-,29-,30+/m1/s1. The predicted octanol–water partition coefficient (Wildman–Crippen LogP) is 3.31. The summed E-state index contributed by atoms with van der Waals surface area (Å²) in [6.07, 6.45) is 11.0. The van der Waals surface area contributed by atoms with Crippen LogP contribution in [0.15, 0.2) is 47.1 Å². The Hall–Kier alpha value is -2.22. The van der Waals surface area contributed by atoms with Crippen molar-refractivity contribution in [1.29, 1.82) is 0 Å². The number of hydrogen-bond acceptors (Lipinski definition) is 7. The fraction of sp³-hybridized carbons (Fsp3) is 0.667. The van der Waals surface area contributed by atoms with Gasteiger partial charge in [0.05, 0.1) is 11.7 Å². The van der Waals surface area contributed by atoms with Gasteiger partial charge in [-0.05, 0) is 87.2 Å². The first-order valence-electron chi connectivity index (χ1n) is 13.6. The topological polar surface area (TPSA) is 106 Å². The van der Waals surface area contributed by atoms with Gasteiger partial charge in [0, 0.05) is 29.4 Å². The smallest absolute Gasteiger partial charge is 0.334 e. The third kappa shape index (κ3) is 2.78. The van der Waals surface area contributed by atoms with Gasteiger partial charge in [0.2, 0.25) is 0 Å². The molecule has 0 aromatic rings. The van der Waals surface area contributed by atoms with Gasteiger partial charge in [-0.3, -0.25) is 0 Å². The number of allylic oxidation sites excluding steroid dienone is 1. The minimum absolute atomic E-state index is 0.0163. The summed E-state index contributed by atoms with van der Waals surface area (Å²) in [7, 11) is 0. The van der Waals surface area contributed by atoms with E-state index in [0.29, 0.717) is 12.0 Å². The summed E-state index contributed by atoms with van der Waals surface area (Å²) in [5, 5.41) is 25.0. The van der Waals surface area contributed by atoms with Gasteiger partial charge in [-0.15, -0.1) is 0 Å². The van der Waals surface area contributed by atoms with Crippen molar-refractivity contribution in [3.05, 3.63) is 47.1 Å². The molecule has 1 spiro atoms. The fourth-order valence-electron chi connectivity index (χ4n) is 9.59. The number of cyclic esters (lactones) is 1. The predicted molar refractivity (Wildman–Crippen MR) is 133 cm³/mol. The van der Waals surface area contributed by atoms with Crippen LogP contribution in [0, 0.1) is 29.1 Å². The summed E-state index contributed by atoms with van der Waals surface area (Å²) < 4.78 is 18.0. The summed E-state index contributed by atoms with van der Waals surface area (Å²) in [5.41, 5.74) is -2.04. The van der Waals surface area contributed by atoms with Crippen molar-refractivity contribution in [2.24, 2.45) is 29.1 Å². The molecule has 3 heterocycles. The maximum absolute atomic E-state index is 12.6. The summed E-state index contributed by atoms with van der Waals surface area (Å²) in [4.78, 5) is 24.6.